The predicted molar refractivity (Wildman–Crippen MR) is 58.8 cm³/mol. The first kappa shape index (κ1) is 11.7. The molecular formula is C10H10ClNO3. The molecule has 15 heavy (non-hydrogen) atoms. The molecule has 0 aromatic heterocycles. The van der Waals surface area contributed by atoms with Crippen molar-refractivity contribution in [3.63, 3.8) is 0 Å². The van der Waals surface area contributed by atoms with Gasteiger partial charge in [0.1, 0.15) is 5.02 Å². The number of benzene rings is 1. The molecule has 0 aliphatic rings. The number of hydrogen-bond acceptors (Lipinski definition) is 3. The summed E-state index contributed by atoms with van der Waals surface area (Å²) in [5.74, 6) is 0. The zero-order valence-corrected chi connectivity index (χ0v) is 8.81. The molecular weight excluding hydrogens is 218 g/mol. The topological polar surface area (TPSA) is 63.4 Å². The average Bonchev–Trinajstić information content (AvgIpc) is 2.16. The first-order valence-electron chi connectivity index (χ1n) is 4.31. The van der Waals surface area contributed by atoms with Crippen LogP contribution in [0.4, 0.5) is 5.69 Å². The lowest BCUT2D eigenvalue weighted by Crippen LogP contribution is -1.92. The van der Waals surface area contributed by atoms with Gasteiger partial charge in [-0.15, -0.1) is 0 Å². The van der Waals surface area contributed by atoms with E-state index in [4.69, 9.17) is 16.7 Å². The van der Waals surface area contributed by atoms with Crippen LogP contribution in [-0.2, 0) is 0 Å². The minimum absolute atomic E-state index is 0.106. The molecule has 0 aliphatic heterocycles. The van der Waals surface area contributed by atoms with E-state index in [-0.39, 0.29) is 10.7 Å². The number of nitro benzene ring substituents is 1. The van der Waals surface area contributed by atoms with Crippen LogP contribution in [0.3, 0.4) is 0 Å². The molecule has 0 radical (unpaired) electrons. The molecule has 0 saturated heterocycles. The summed E-state index contributed by atoms with van der Waals surface area (Å²) in [6.45, 7) is 1.60. The number of halogens is 1. The smallest absolute Gasteiger partial charge is 0.288 e. The molecule has 0 aliphatic carbocycles. The van der Waals surface area contributed by atoms with E-state index in [0.29, 0.717) is 5.56 Å². The molecule has 80 valence electrons. The monoisotopic (exact) mass is 227 g/mol. The Morgan fingerprint density at radius 1 is 1.60 bits per heavy atom. The summed E-state index contributed by atoms with van der Waals surface area (Å²) in [4.78, 5) is 10.0. The number of nitro groups is 1. The van der Waals surface area contributed by atoms with Crippen LogP contribution in [0.5, 0.6) is 0 Å². The Hall–Kier alpha value is -1.39. The molecule has 1 aromatic carbocycles. The van der Waals surface area contributed by atoms with Crippen molar-refractivity contribution in [2.24, 2.45) is 0 Å². The molecule has 1 aromatic rings. The molecule has 4 nitrogen and oxygen atoms in total. The fourth-order valence-corrected chi connectivity index (χ4v) is 1.21. The van der Waals surface area contributed by atoms with Crippen LogP contribution in [0.25, 0.3) is 6.08 Å². The first-order valence-corrected chi connectivity index (χ1v) is 4.68. The average molecular weight is 228 g/mol. The van der Waals surface area contributed by atoms with Gasteiger partial charge in [-0.25, -0.2) is 0 Å². The summed E-state index contributed by atoms with van der Waals surface area (Å²) in [5.41, 5.74) is 0.497. The highest BCUT2D eigenvalue weighted by molar-refractivity contribution is 6.32. The lowest BCUT2D eigenvalue weighted by molar-refractivity contribution is -0.384. The number of hydrogen-bond donors (Lipinski definition) is 1. The highest BCUT2D eigenvalue weighted by atomic mass is 35.5. The Morgan fingerprint density at radius 2 is 2.27 bits per heavy atom. The summed E-state index contributed by atoms with van der Waals surface area (Å²) >= 11 is 5.64. The number of nitrogens with zero attached hydrogens (tertiary/aromatic N) is 1. The van der Waals surface area contributed by atoms with Crippen molar-refractivity contribution in [1.82, 2.24) is 0 Å². The summed E-state index contributed by atoms with van der Waals surface area (Å²) in [5, 5.41) is 19.7. The molecule has 1 N–H and O–H groups in total. The van der Waals surface area contributed by atoms with Crippen molar-refractivity contribution in [1.29, 1.82) is 0 Å². The lowest BCUT2D eigenvalue weighted by atomic mass is 10.1. The van der Waals surface area contributed by atoms with E-state index in [0.717, 1.165) is 0 Å². The van der Waals surface area contributed by atoms with Gasteiger partial charge in [-0.2, -0.15) is 0 Å². The Balaban J connectivity index is 3.03. The highest BCUT2D eigenvalue weighted by Crippen LogP contribution is 2.25. The van der Waals surface area contributed by atoms with Crippen molar-refractivity contribution < 1.29 is 10.0 Å². The van der Waals surface area contributed by atoms with E-state index in [1.165, 1.54) is 18.2 Å². The van der Waals surface area contributed by atoms with Gasteiger partial charge in [-0.1, -0.05) is 29.8 Å². The highest BCUT2D eigenvalue weighted by Gasteiger charge is 2.11. The maximum atomic E-state index is 10.6. The van der Waals surface area contributed by atoms with Crippen LogP contribution >= 0.6 is 11.6 Å². The van der Waals surface area contributed by atoms with Gasteiger partial charge in [-0.05, 0) is 18.6 Å². The normalized spacial score (nSPS) is 13.0. The summed E-state index contributed by atoms with van der Waals surface area (Å²) in [6, 6.07) is 4.47. The molecule has 1 unspecified atom stereocenters. The largest absolute Gasteiger partial charge is 0.389 e. The molecule has 5 heteroatoms. The van der Waals surface area contributed by atoms with E-state index in [1.807, 2.05) is 0 Å². The second-order valence-corrected chi connectivity index (χ2v) is 3.47. The van der Waals surface area contributed by atoms with Gasteiger partial charge in [0.2, 0.25) is 0 Å². The van der Waals surface area contributed by atoms with Crippen LogP contribution in [0.2, 0.25) is 5.02 Å². The Kier molecular flexibility index (Phi) is 3.82. The maximum absolute atomic E-state index is 10.6. The van der Waals surface area contributed by atoms with Gasteiger partial charge in [0.05, 0.1) is 11.0 Å². The molecule has 0 bridgehead atoms. The van der Waals surface area contributed by atoms with Gasteiger partial charge in [0.25, 0.3) is 5.69 Å². The Labute approximate surface area is 92.0 Å². The van der Waals surface area contributed by atoms with Gasteiger partial charge < -0.3 is 5.11 Å². The SMILES string of the molecule is CC(O)/C=C/c1ccc(Cl)c([N+](=O)[O-])c1. The zero-order valence-electron chi connectivity index (χ0n) is 8.05. The van der Waals surface area contributed by atoms with Gasteiger partial charge in [0, 0.05) is 6.07 Å². The number of rotatable bonds is 3. The second-order valence-electron chi connectivity index (χ2n) is 3.07. The van der Waals surface area contributed by atoms with Crippen LogP contribution in [0, 0.1) is 10.1 Å². The molecule has 1 rings (SSSR count). The van der Waals surface area contributed by atoms with Crippen LogP contribution in [0.15, 0.2) is 24.3 Å². The van der Waals surface area contributed by atoms with Crippen molar-refractivity contribution in [3.8, 4) is 0 Å². The fourth-order valence-electron chi connectivity index (χ4n) is 1.02. The molecule has 0 fully saturated rings. The number of aliphatic hydroxyl groups excluding tert-OH is 1. The third-order valence-corrected chi connectivity index (χ3v) is 2.05. The molecule has 0 saturated carbocycles. The van der Waals surface area contributed by atoms with E-state index >= 15 is 0 Å². The lowest BCUT2D eigenvalue weighted by Gasteiger charge is -1.98. The summed E-state index contributed by atoms with van der Waals surface area (Å²) in [7, 11) is 0. The maximum Gasteiger partial charge on any atom is 0.288 e. The second kappa shape index (κ2) is 4.91. The van der Waals surface area contributed by atoms with Gasteiger partial charge in [-0.3, -0.25) is 10.1 Å². The van der Waals surface area contributed by atoms with E-state index < -0.39 is 11.0 Å². The third-order valence-electron chi connectivity index (χ3n) is 1.73. The molecule has 0 heterocycles. The van der Waals surface area contributed by atoms with Crippen molar-refractivity contribution in [2.75, 3.05) is 0 Å². The quantitative estimate of drug-likeness (QED) is 0.638. The van der Waals surface area contributed by atoms with Crippen molar-refractivity contribution in [3.05, 3.63) is 45.0 Å². The van der Waals surface area contributed by atoms with Crippen molar-refractivity contribution in [2.45, 2.75) is 13.0 Å². The third kappa shape index (κ3) is 3.34. The predicted octanol–water partition coefficient (Wildman–Crippen LogP) is 2.64. The van der Waals surface area contributed by atoms with Crippen molar-refractivity contribution >= 4 is 23.4 Å². The first-order chi connectivity index (χ1) is 7.00. The molecule has 0 spiro atoms. The summed E-state index contributed by atoms with van der Waals surface area (Å²) in [6.07, 6.45) is 2.56. The van der Waals surface area contributed by atoms with Crippen LogP contribution in [-0.4, -0.2) is 16.1 Å². The fraction of sp³-hybridized carbons (Fsp3) is 0.200. The minimum atomic E-state index is -0.584. The molecule has 0 amide bonds. The standard InChI is InChI=1S/C10H10ClNO3/c1-7(13)2-3-8-4-5-9(11)10(6-8)12(14)15/h2-7,13H,1H3/b3-2+. The summed E-state index contributed by atoms with van der Waals surface area (Å²) < 4.78 is 0. The van der Waals surface area contributed by atoms with E-state index in [1.54, 1.807) is 19.1 Å². The Morgan fingerprint density at radius 3 is 2.80 bits per heavy atom. The van der Waals surface area contributed by atoms with Crippen LogP contribution < -0.4 is 0 Å². The Bertz CT molecular complexity index is 402. The zero-order chi connectivity index (χ0) is 11.4. The van der Waals surface area contributed by atoms with Gasteiger partial charge in [0.15, 0.2) is 0 Å². The van der Waals surface area contributed by atoms with E-state index in [2.05, 4.69) is 0 Å². The minimum Gasteiger partial charge on any atom is -0.389 e. The van der Waals surface area contributed by atoms with Gasteiger partial charge >= 0.3 is 0 Å². The van der Waals surface area contributed by atoms with E-state index in [9.17, 15) is 10.1 Å². The van der Waals surface area contributed by atoms with Crippen LogP contribution in [0.1, 0.15) is 12.5 Å². The molecule has 1 atom stereocenters. The number of aliphatic hydroxyl groups is 1.